The zero-order chi connectivity index (χ0) is 20.7. The second-order valence-electron chi connectivity index (χ2n) is 7.69. The molecule has 170 valence electrons. The number of piperidine rings is 1. The topological polar surface area (TPSA) is 83.0 Å². The van der Waals surface area contributed by atoms with E-state index in [0.717, 1.165) is 38.4 Å². The molecule has 0 amide bonds. The fourth-order valence-corrected chi connectivity index (χ4v) is 5.15. The highest BCUT2D eigenvalue weighted by atomic mass is 127. The minimum Gasteiger partial charge on any atom is -0.373 e. The van der Waals surface area contributed by atoms with E-state index in [2.05, 4.69) is 29.7 Å². The summed E-state index contributed by atoms with van der Waals surface area (Å²) < 4.78 is 31.7. The predicted octanol–water partition coefficient (Wildman–Crippen LogP) is 2.75. The van der Waals surface area contributed by atoms with E-state index < -0.39 is 10.0 Å². The molecule has 7 nitrogen and oxygen atoms in total. The van der Waals surface area contributed by atoms with Crippen LogP contribution in [0, 0.1) is 5.92 Å². The first kappa shape index (κ1) is 25.4. The van der Waals surface area contributed by atoms with E-state index in [-0.39, 0.29) is 41.9 Å². The van der Waals surface area contributed by atoms with Crippen molar-refractivity contribution < 1.29 is 13.2 Å². The molecule has 0 bridgehead atoms. The monoisotopic (exact) mass is 550 g/mol. The van der Waals surface area contributed by atoms with Crippen LogP contribution in [0.3, 0.4) is 0 Å². The number of nitrogens with one attached hydrogen (secondary N) is 2. The lowest BCUT2D eigenvalue weighted by molar-refractivity contribution is 0.0925. The fourth-order valence-electron chi connectivity index (χ4n) is 4.01. The minimum absolute atomic E-state index is 0. The van der Waals surface area contributed by atoms with Gasteiger partial charge in [-0.2, -0.15) is 0 Å². The molecule has 2 heterocycles. The Balaban J connectivity index is 0.00000320. The van der Waals surface area contributed by atoms with Gasteiger partial charge in [0.05, 0.1) is 11.9 Å². The van der Waals surface area contributed by atoms with Crippen LogP contribution in [0.25, 0.3) is 0 Å². The van der Waals surface area contributed by atoms with Crippen LogP contribution in [0.1, 0.15) is 44.8 Å². The van der Waals surface area contributed by atoms with E-state index in [1.54, 1.807) is 11.2 Å². The minimum atomic E-state index is -3.09. The smallest absolute Gasteiger partial charge is 0.213 e. The van der Waals surface area contributed by atoms with Crippen LogP contribution >= 0.6 is 24.0 Å². The molecule has 1 aromatic rings. The second-order valence-corrected chi connectivity index (χ2v) is 9.95. The van der Waals surface area contributed by atoms with Gasteiger partial charge in [0.15, 0.2) is 5.96 Å². The third-order valence-corrected chi connectivity index (χ3v) is 7.60. The molecule has 2 aliphatic rings. The number of nitrogens with zero attached hydrogens (tertiary/aromatic N) is 2. The van der Waals surface area contributed by atoms with Gasteiger partial charge in [-0.25, -0.2) is 12.7 Å². The standard InChI is InChI=1S/C21H34N4O3S.HI/c1-3-22-21(24-19-10-13-25(14-11-19)29(26,27)4-2)23-16-18-12-15-28-20(18)17-8-6-5-7-9-17;/h5-9,18-20H,3-4,10-16H2,1-2H3,(H2,22,23,24);1H. The molecule has 2 saturated heterocycles. The Labute approximate surface area is 198 Å². The van der Waals surface area contributed by atoms with Crippen molar-refractivity contribution in [3.63, 3.8) is 0 Å². The van der Waals surface area contributed by atoms with Crippen molar-refractivity contribution in [1.29, 1.82) is 0 Å². The van der Waals surface area contributed by atoms with Gasteiger partial charge in [0.1, 0.15) is 0 Å². The number of halogens is 1. The van der Waals surface area contributed by atoms with Gasteiger partial charge in [0.25, 0.3) is 0 Å². The molecule has 2 N–H and O–H groups in total. The molecular formula is C21H35IN4O3S. The number of hydrogen-bond acceptors (Lipinski definition) is 4. The van der Waals surface area contributed by atoms with Crippen LogP contribution in [0.15, 0.2) is 35.3 Å². The molecule has 1 aromatic carbocycles. The average Bonchev–Trinajstić information content (AvgIpc) is 3.22. The lowest BCUT2D eigenvalue weighted by atomic mass is 9.95. The van der Waals surface area contributed by atoms with Gasteiger partial charge in [0, 0.05) is 44.7 Å². The Bertz CT molecular complexity index is 768. The highest BCUT2D eigenvalue weighted by molar-refractivity contribution is 14.0. The number of rotatable bonds is 7. The van der Waals surface area contributed by atoms with E-state index in [9.17, 15) is 8.42 Å². The van der Waals surface area contributed by atoms with Gasteiger partial charge < -0.3 is 15.4 Å². The molecule has 3 rings (SSSR count). The fraction of sp³-hybridized carbons (Fsp3) is 0.667. The van der Waals surface area contributed by atoms with Crippen LogP contribution in [0.5, 0.6) is 0 Å². The lowest BCUT2D eigenvalue weighted by Gasteiger charge is -2.32. The van der Waals surface area contributed by atoms with Crippen LogP contribution < -0.4 is 10.6 Å². The van der Waals surface area contributed by atoms with Crippen molar-refractivity contribution in [1.82, 2.24) is 14.9 Å². The van der Waals surface area contributed by atoms with E-state index in [4.69, 9.17) is 9.73 Å². The molecule has 9 heteroatoms. The van der Waals surface area contributed by atoms with Crippen molar-refractivity contribution in [3.05, 3.63) is 35.9 Å². The zero-order valence-electron chi connectivity index (χ0n) is 17.9. The average molecular weight is 551 g/mol. The van der Waals surface area contributed by atoms with Crippen LogP contribution in [0.2, 0.25) is 0 Å². The number of benzene rings is 1. The van der Waals surface area contributed by atoms with E-state index in [1.807, 2.05) is 18.2 Å². The Kier molecular flexibility index (Phi) is 10.3. The largest absolute Gasteiger partial charge is 0.373 e. The van der Waals surface area contributed by atoms with Crippen molar-refractivity contribution in [3.8, 4) is 0 Å². The Morgan fingerprint density at radius 2 is 1.87 bits per heavy atom. The predicted molar refractivity (Wildman–Crippen MR) is 132 cm³/mol. The van der Waals surface area contributed by atoms with Gasteiger partial charge >= 0.3 is 0 Å². The summed E-state index contributed by atoms with van der Waals surface area (Å²) in [5.74, 6) is 1.34. The first-order chi connectivity index (χ1) is 14.0. The van der Waals surface area contributed by atoms with Gasteiger partial charge in [-0.05, 0) is 38.7 Å². The first-order valence-electron chi connectivity index (χ1n) is 10.7. The maximum atomic E-state index is 12.0. The zero-order valence-corrected chi connectivity index (χ0v) is 21.1. The van der Waals surface area contributed by atoms with Crippen molar-refractivity contribution in [2.24, 2.45) is 10.9 Å². The summed E-state index contributed by atoms with van der Waals surface area (Å²) in [5, 5.41) is 6.83. The van der Waals surface area contributed by atoms with Crippen molar-refractivity contribution in [2.75, 3.05) is 38.5 Å². The van der Waals surface area contributed by atoms with Crippen LogP contribution in [-0.4, -0.2) is 63.3 Å². The van der Waals surface area contributed by atoms with E-state index >= 15 is 0 Å². The summed E-state index contributed by atoms with van der Waals surface area (Å²) in [6.07, 6.45) is 2.70. The second kappa shape index (κ2) is 12.2. The van der Waals surface area contributed by atoms with Gasteiger partial charge in [-0.3, -0.25) is 4.99 Å². The molecule has 30 heavy (non-hydrogen) atoms. The molecule has 2 atom stereocenters. The number of ether oxygens (including phenoxy) is 1. The van der Waals surface area contributed by atoms with Crippen molar-refractivity contribution >= 4 is 40.0 Å². The maximum absolute atomic E-state index is 12.0. The SMILES string of the molecule is CCNC(=NCC1CCOC1c1ccccc1)NC1CCN(S(=O)(=O)CC)CC1.I. The summed E-state index contributed by atoms with van der Waals surface area (Å²) >= 11 is 0. The van der Waals surface area contributed by atoms with Gasteiger partial charge in [-0.15, -0.1) is 24.0 Å². The number of aliphatic imine (C=N–C) groups is 1. The van der Waals surface area contributed by atoms with Crippen molar-refractivity contribution in [2.45, 2.75) is 45.3 Å². The molecule has 0 saturated carbocycles. The highest BCUT2D eigenvalue weighted by Gasteiger charge is 2.30. The summed E-state index contributed by atoms with van der Waals surface area (Å²) in [6, 6.07) is 10.6. The molecule has 2 unspecified atom stereocenters. The third kappa shape index (κ3) is 6.80. The molecule has 2 fully saturated rings. The van der Waals surface area contributed by atoms with Gasteiger partial charge in [0.2, 0.25) is 10.0 Å². The van der Waals surface area contributed by atoms with Gasteiger partial charge in [-0.1, -0.05) is 30.3 Å². The Hall–Kier alpha value is -0.910. The molecule has 2 aliphatic heterocycles. The Morgan fingerprint density at radius 3 is 2.50 bits per heavy atom. The van der Waals surface area contributed by atoms with E-state index in [1.165, 1.54) is 5.56 Å². The molecule has 0 aromatic heterocycles. The molecule has 0 spiro atoms. The number of guanidine groups is 1. The molecule has 0 radical (unpaired) electrons. The normalized spacial score (nSPS) is 23.7. The summed E-state index contributed by atoms with van der Waals surface area (Å²) in [5.41, 5.74) is 1.22. The van der Waals surface area contributed by atoms with Crippen LogP contribution in [0.4, 0.5) is 0 Å². The Morgan fingerprint density at radius 1 is 1.17 bits per heavy atom. The highest BCUT2D eigenvalue weighted by Crippen LogP contribution is 2.34. The van der Waals surface area contributed by atoms with E-state index in [0.29, 0.717) is 25.6 Å². The maximum Gasteiger partial charge on any atom is 0.213 e. The molecular weight excluding hydrogens is 515 g/mol. The summed E-state index contributed by atoms with van der Waals surface area (Å²) in [4.78, 5) is 4.83. The summed E-state index contributed by atoms with van der Waals surface area (Å²) in [6.45, 7) is 7.16. The quantitative estimate of drug-likeness (QED) is 0.310. The molecule has 0 aliphatic carbocycles. The summed E-state index contributed by atoms with van der Waals surface area (Å²) in [7, 11) is -3.09. The first-order valence-corrected chi connectivity index (χ1v) is 12.3. The number of sulfonamides is 1. The number of hydrogen-bond donors (Lipinski definition) is 2. The third-order valence-electron chi connectivity index (χ3n) is 5.72. The van der Waals surface area contributed by atoms with Crippen LogP contribution in [-0.2, 0) is 14.8 Å². The lowest BCUT2D eigenvalue weighted by Crippen LogP contribution is -2.50.